The van der Waals surface area contributed by atoms with Gasteiger partial charge in [0.1, 0.15) is 0 Å². The van der Waals surface area contributed by atoms with E-state index in [-0.39, 0.29) is 0 Å². The molecule has 0 spiro atoms. The van der Waals surface area contributed by atoms with Crippen molar-refractivity contribution in [2.24, 2.45) is 0 Å². The third kappa shape index (κ3) is 2.76. The molecule has 4 heteroatoms. The predicted molar refractivity (Wildman–Crippen MR) is 85.1 cm³/mol. The third-order valence-electron chi connectivity index (χ3n) is 3.39. The Morgan fingerprint density at radius 2 is 2.15 bits per heavy atom. The highest BCUT2D eigenvalue weighted by Crippen LogP contribution is 2.22. The van der Waals surface area contributed by atoms with E-state index in [4.69, 9.17) is 0 Å². The van der Waals surface area contributed by atoms with Crippen LogP contribution in [0.1, 0.15) is 25.1 Å². The topological polar surface area (TPSA) is 29.9 Å². The molecular formula is C16H19N3S. The van der Waals surface area contributed by atoms with Crippen LogP contribution in [0.15, 0.2) is 41.4 Å². The van der Waals surface area contributed by atoms with Gasteiger partial charge >= 0.3 is 0 Å². The summed E-state index contributed by atoms with van der Waals surface area (Å²) >= 11 is 1.65. The second-order valence-electron chi connectivity index (χ2n) is 5.31. The van der Waals surface area contributed by atoms with Crippen molar-refractivity contribution in [1.82, 2.24) is 14.9 Å². The molecule has 0 aliphatic heterocycles. The first kappa shape index (κ1) is 13.3. The summed E-state index contributed by atoms with van der Waals surface area (Å²) in [5.74, 6) is 0. The van der Waals surface area contributed by atoms with Crippen molar-refractivity contribution >= 4 is 22.2 Å². The van der Waals surface area contributed by atoms with Gasteiger partial charge in [-0.2, -0.15) is 0 Å². The van der Waals surface area contributed by atoms with Crippen LogP contribution in [0.25, 0.3) is 10.9 Å². The minimum absolute atomic E-state index is 0.496. The molecule has 3 aromatic rings. The Labute approximate surface area is 123 Å². The van der Waals surface area contributed by atoms with E-state index in [1.54, 1.807) is 11.3 Å². The van der Waals surface area contributed by atoms with Crippen LogP contribution in [0, 0.1) is 0 Å². The lowest BCUT2D eigenvalue weighted by Crippen LogP contribution is -2.21. The standard InChI is InChI=1S/C16H19N3S/c1-12(2)17-7-13-8-19(9-14-10-20-11-18-14)16-6-4-3-5-15(13)16/h3-6,8,10-12,17H,7,9H2,1-2H3. The van der Waals surface area contributed by atoms with E-state index >= 15 is 0 Å². The summed E-state index contributed by atoms with van der Waals surface area (Å²) in [6.45, 7) is 6.09. The molecule has 104 valence electrons. The molecule has 1 aromatic carbocycles. The maximum atomic E-state index is 4.38. The van der Waals surface area contributed by atoms with E-state index in [1.165, 1.54) is 16.5 Å². The van der Waals surface area contributed by atoms with Crippen molar-refractivity contribution in [2.75, 3.05) is 0 Å². The number of nitrogens with one attached hydrogen (secondary N) is 1. The lowest BCUT2D eigenvalue weighted by molar-refractivity contribution is 0.589. The lowest BCUT2D eigenvalue weighted by Gasteiger charge is -2.06. The average Bonchev–Trinajstić information content (AvgIpc) is 3.06. The van der Waals surface area contributed by atoms with Gasteiger partial charge < -0.3 is 9.88 Å². The lowest BCUT2D eigenvalue weighted by atomic mass is 10.2. The summed E-state index contributed by atoms with van der Waals surface area (Å²) in [5.41, 5.74) is 5.65. The number of hydrogen-bond acceptors (Lipinski definition) is 3. The molecule has 2 aromatic heterocycles. The Morgan fingerprint density at radius 1 is 1.30 bits per heavy atom. The number of thiazole rings is 1. The predicted octanol–water partition coefficient (Wildman–Crippen LogP) is 3.64. The molecule has 0 bridgehead atoms. The number of para-hydroxylation sites is 1. The number of hydrogen-bond donors (Lipinski definition) is 1. The van der Waals surface area contributed by atoms with Gasteiger partial charge in [-0.3, -0.25) is 0 Å². The van der Waals surface area contributed by atoms with Crippen LogP contribution in [0.2, 0.25) is 0 Å². The molecule has 0 fully saturated rings. The number of fused-ring (bicyclic) bond motifs is 1. The van der Waals surface area contributed by atoms with Gasteiger partial charge in [-0.05, 0) is 11.6 Å². The van der Waals surface area contributed by atoms with Gasteiger partial charge in [-0.1, -0.05) is 32.0 Å². The zero-order valence-corrected chi connectivity index (χ0v) is 12.7. The Morgan fingerprint density at radius 3 is 2.90 bits per heavy atom. The summed E-state index contributed by atoms with van der Waals surface area (Å²) in [6, 6.07) is 9.08. The number of nitrogens with zero attached hydrogens (tertiary/aromatic N) is 2. The van der Waals surface area contributed by atoms with Crippen molar-refractivity contribution < 1.29 is 0 Å². The maximum Gasteiger partial charge on any atom is 0.0795 e. The fraction of sp³-hybridized carbons (Fsp3) is 0.312. The molecule has 3 rings (SSSR count). The molecule has 2 heterocycles. The largest absolute Gasteiger partial charge is 0.341 e. The second-order valence-corrected chi connectivity index (χ2v) is 6.03. The highest BCUT2D eigenvalue weighted by atomic mass is 32.1. The Hall–Kier alpha value is -1.65. The smallest absolute Gasteiger partial charge is 0.0795 e. The van der Waals surface area contributed by atoms with Crippen LogP contribution >= 0.6 is 11.3 Å². The molecule has 20 heavy (non-hydrogen) atoms. The molecule has 3 nitrogen and oxygen atoms in total. The van der Waals surface area contributed by atoms with Crippen molar-refractivity contribution in [2.45, 2.75) is 33.0 Å². The van der Waals surface area contributed by atoms with E-state index in [2.05, 4.69) is 64.6 Å². The van der Waals surface area contributed by atoms with E-state index in [9.17, 15) is 0 Å². The molecule has 0 aliphatic rings. The van der Waals surface area contributed by atoms with Gasteiger partial charge in [0.15, 0.2) is 0 Å². The van der Waals surface area contributed by atoms with Crippen LogP contribution < -0.4 is 5.32 Å². The summed E-state index contributed by atoms with van der Waals surface area (Å²) in [4.78, 5) is 4.38. The Kier molecular flexibility index (Phi) is 3.85. The van der Waals surface area contributed by atoms with Gasteiger partial charge in [-0.15, -0.1) is 11.3 Å². The SMILES string of the molecule is CC(C)NCc1cn(Cc2cscn2)c2ccccc12. The van der Waals surface area contributed by atoms with E-state index < -0.39 is 0 Å². The van der Waals surface area contributed by atoms with Crippen molar-refractivity contribution in [3.8, 4) is 0 Å². The fourth-order valence-electron chi connectivity index (χ4n) is 2.40. The Balaban J connectivity index is 1.95. The van der Waals surface area contributed by atoms with Gasteiger partial charge in [0, 0.05) is 35.1 Å². The molecule has 1 N–H and O–H groups in total. The van der Waals surface area contributed by atoms with Gasteiger partial charge in [0.2, 0.25) is 0 Å². The molecule has 0 aliphatic carbocycles. The van der Waals surface area contributed by atoms with Crippen molar-refractivity contribution in [3.63, 3.8) is 0 Å². The van der Waals surface area contributed by atoms with E-state index in [0.29, 0.717) is 6.04 Å². The van der Waals surface area contributed by atoms with Gasteiger partial charge in [0.25, 0.3) is 0 Å². The molecule has 0 amide bonds. The normalized spacial score (nSPS) is 11.6. The highest BCUT2D eigenvalue weighted by molar-refractivity contribution is 7.07. The number of rotatable bonds is 5. The van der Waals surface area contributed by atoms with Crippen LogP contribution in [0.4, 0.5) is 0 Å². The number of aromatic nitrogens is 2. The molecule has 0 saturated carbocycles. The van der Waals surface area contributed by atoms with Crippen molar-refractivity contribution in [1.29, 1.82) is 0 Å². The van der Waals surface area contributed by atoms with Crippen LogP contribution in [0.3, 0.4) is 0 Å². The molecular weight excluding hydrogens is 266 g/mol. The van der Waals surface area contributed by atoms with Crippen molar-refractivity contribution in [3.05, 3.63) is 52.6 Å². The number of benzene rings is 1. The van der Waals surface area contributed by atoms with Gasteiger partial charge in [-0.25, -0.2) is 4.98 Å². The van der Waals surface area contributed by atoms with Gasteiger partial charge in [0.05, 0.1) is 17.7 Å². The zero-order chi connectivity index (χ0) is 13.9. The summed E-state index contributed by atoms with van der Waals surface area (Å²) in [7, 11) is 0. The summed E-state index contributed by atoms with van der Waals surface area (Å²) < 4.78 is 2.29. The van der Waals surface area contributed by atoms with E-state index in [0.717, 1.165) is 18.8 Å². The highest BCUT2D eigenvalue weighted by Gasteiger charge is 2.09. The first-order valence-corrected chi connectivity index (χ1v) is 7.85. The Bertz CT molecular complexity index is 683. The summed E-state index contributed by atoms with van der Waals surface area (Å²) in [5, 5.41) is 6.94. The first-order valence-electron chi connectivity index (χ1n) is 6.91. The molecule has 0 unspecified atom stereocenters. The van der Waals surface area contributed by atoms with E-state index in [1.807, 2.05) is 5.51 Å². The minimum Gasteiger partial charge on any atom is -0.341 e. The fourth-order valence-corrected chi connectivity index (χ4v) is 2.95. The minimum atomic E-state index is 0.496. The summed E-state index contributed by atoms with van der Waals surface area (Å²) in [6.07, 6.45) is 2.25. The third-order valence-corrected chi connectivity index (χ3v) is 4.02. The zero-order valence-electron chi connectivity index (χ0n) is 11.8. The molecule has 0 atom stereocenters. The van der Waals surface area contributed by atoms with Crippen LogP contribution in [-0.4, -0.2) is 15.6 Å². The quantitative estimate of drug-likeness (QED) is 0.775. The van der Waals surface area contributed by atoms with Crippen LogP contribution in [0.5, 0.6) is 0 Å². The first-order chi connectivity index (χ1) is 9.74. The van der Waals surface area contributed by atoms with Crippen LogP contribution in [-0.2, 0) is 13.1 Å². The second kappa shape index (κ2) is 5.77. The molecule has 0 saturated heterocycles. The maximum absolute atomic E-state index is 4.38. The monoisotopic (exact) mass is 285 g/mol. The average molecular weight is 285 g/mol. The molecule has 0 radical (unpaired) electrons.